The molecule has 0 spiro atoms. The number of ketones is 1. The van der Waals surface area contributed by atoms with E-state index in [1.807, 2.05) is 17.5 Å². The van der Waals surface area contributed by atoms with Gasteiger partial charge in [-0.1, -0.05) is 12.5 Å². The highest BCUT2D eigenvalue weighted by atomic mass is 35.5. The molecule has 2 atom stereocenters. The number of carbonyl (C=O) groups excluding carboxylic acids is 2. The van der Waals surface area contributed by atoms with Gasteiger partial charge in [0.05, 0.1) is 4.88 Å². The van der Waals surface area contributed by atoms with E-state index in [1.54, 1.807) is 0 Å². The van der Waals surface area contributed by atoms with Crippen molar-refractivity contribution in [1.82, 2.24) is 5.32 Å². The van der Waals surface area contributed by atoms with Crippen molar-refractivity contribution in [3.8, 4) is 0 Å². The lowest BCUT2D eigenvalue weighted by molar-refractivity contribution is -0.123. The van der Waals surface area contributed by atoms with Gasteiger partial charge in [0.1, 0.15) is 0 Å². The number of thiophene rings is 1. The fourth-order valence-corrected chi connectivity index (χ4v) is 4.76. The van der Waals surface area contributed by atoms with Crippen LogP contribution in [0.4, 0.5) is 0 Å². The molecule has 1 aromatic heterocycles. The van der Waals surface area contributed by atoms with E-state index in [-0.39, 0.29) is 30.1 Å². The van der Waals surface area contributed by atoms with Gasteiger partial charge < -0.3 is 11.1 Å². The quantitative estimate of drug-likeness (QED) is 0.796. The number of hydrogen-bond donors (Lipinski definition) is 2. The second-order valence-corrected chi connectivity index (χ2v) is 7.62. The maximum Gasteiger partial charge on any atom is 0.220 e. The summed E-state index contributed by atoms with van der Waals surface area (Å²) in [4.78, 5) is 24.9. The van der Waals surface area contributed by atoms with Crippen LogP contribution in [0.3, 0.4) is 0 Å². The number of rotatable bonds is 5. The SMILES string of the molecule is Cl.NC1CC2CCCC(C1)C2NC(=O)CCC(=O)c1cccs1. The zero-order valence-electron chi connectivity index (χ0n) is 13.2. The van der Waals surface area contributed by atoms with Crippen LogP contribution in [0.2, 0.25) is 0 Å². The van der Waals surface area contributed by atoms with Gasteiger partial charge >= 0.3 is 0 Å². The summed E-state index contributed by atoms with van der Waals surface area (Å²) >= 11 is 1.44. The summed E-state index contributed by atoms with van der Waals surface area (Å²) in [5.41, 5.74) is 6.11. The average Bonchev–Trinajstić information content (AvgIpc) is 3.00. The van der Waals surface area contributed by atoms with E-state index in [1.165, 1.54) is 30.6 Å². The normalized spacial score (nSPS) is 29.4. The molecule has 2 saturated carbocycles. The number of nitrogens with one attached hydrogen (secondary N) is 1. The van der Waals surface area contributed by atoms with Crippen molar-refractivity contribution in [1.29, 1.82) is 0 Å². The Hall–Kier alpha value is -0.910. The molecule has 1 amide bonds. The third kappa shape index (κ3) is 4.55. The van der Waals surface area contributed by atoms with Crippen molar-refractivity contribution >= 4 is 35.4 Å². The third-order valence-electron chi connectivity index (χ3n) is 5.08. The first-order chi connectivity index (χ1) is 10.6. The minimum absolute atomic E-state index is 0. The van der Waals surface area contributed by atoms with Gasteiger partial charge in [-0.3, -0.25) is 9.59 Å². The van der Waals surface area contributed by atoms with Crippen LogP contribution in [-0.2, 0) is 4.79 Å². The second-order valence-electron chi connectivity index (χ2n) is 6.68. The molecule has 0 radical (unpaired) electrons. The van der Waals surface area contributed by atoms with Crippen molar-refractivity contribution < 1.29 is 9.59 Å². The Labute approximate surface area is 147 Å². The van der Waals surface area contributed by atoms with Crippen molar-refractivity contribution in [2.75, 3.05) is 0 Å². The molecule has 2 bridgehead atoms. The molecule has 1 heterocycles. The van der Waals surface area contributed by atoms with E-state index in [2.05, 4.69) is 5.32 Å². The third-order valence-corrected chi connectivity index (χ3v) is 5.99. The number of Topliss-reactive ketones (excluding diaryl/α,β-unsaturated/α-hetero) is 1. The predicted molar refractivity (Wildman–Crippen MR) is 95.1 cm³/mol. The van der Waals surface area contributed by atoms with E-state index in [0.717, 1.165) is 17.7 Å². The zero-order valence-corrected chi connectivity index (χ0v) is 14.8. The molecule has 0 aliphatic heterocycles. The van der Waals surface area contributed by atoms with Crippen LogP contribution in [0.1, 0.15) is 54.6 Å². The zero-order chi connectivity index (χ0) is 15.5. The molecule has 6 heteroatoms. The van der Waals surface area contributed by atoms with Gasteiger partial charge in [0.2, 0.25) is 5.91 Å². The number of nitrogens with two attached hydrogens (primary N) is 1. The van der Waals surface area contributed by atoms with Gasteiger partial charge in [-0.25, -0.2) is 0 Å². The number of halogens is 1. The highest BCUT2D eigenvalue weighted by molar-refractivity contribution is 7.12. The van der Waals surface area contributed by atoms with Crippen LogP contribution in [0.25, 0.3) is 0 Å². The fourth-order valence-electron chi connectivity index (χ4n) is 4.07. The van der Waals surface area contributed by atoms with Crippen molar-refractivity contribution in [2.45, 2.75) is 57.0 Å². The lowest BCUT2D eigenvalue weighted by atomic mass is 9.67. The summed E-state index contributed by atoms with van der Waals surface area (Å²) in [7, 11) is 0. The van der Waals surface area contributed by atoms with Crippen molar-refractivity contribution in [3.05, 3.63) is 22.4 Å². The molecule has 3 N–H and O–H groups in total. The Morgan fingerprint density at radius 1 is 1.22 bits per heavy atom. The first kappa shape index (κ1) is 18.4. The molecule has 1 aromatic rings. The van der Waals surface area contributed by atoms with E-state index in [4.69, 9.17) is 5.73 Å². The Morgan fingerprint density at radius 2 is 1.91 bits per heavy atom. The number of hydrogen-bond acceptors (Lipinski definition) is 4. The van der Waals surface area contributed by atoms with Crippen LogP contribution in [-0.4, -0.2) is 23.8 Å². The molecular formula is C17H25ClN2O2S. The summed E-state index contributed by atoms with van der Waals surface area (Å²) in [5, 5.41) is 5.09. The second kappa shape index (κ2) is 8.27. The highest BCUT2D eigenvalue weighted by Crippen LogP contribution is 2.39. The van der Waals surface area contributed by atoms with E-state index in [0.29, 0.717) is 30.7 Å². The summed E-state index contributed by atoms with van der Waals surface area (Å²) in [6.07, 6.45) is 6.23. The number of amides is 1. The van der Waals surface area contributed by atoms with Crippen molar-refractivity contribution in [3.63, 3.8) is 0 Å². The molecular weight excluding hydrogens is 332 g/mol. The molecule has 0 saturated heterocycles. The molecule has 2 fully saturated rings. The molecule has 23 heavy (non-hydrogen) atoms. The minimum atomic E-state index is 0. The number of carbonyl (C=O) groups is 2. The predicted octanol–water partition coefficient (Wildman–Crippen LogP) is 3.16. The van der Waals surface area contributed by atoms with Gasteiger partial charge in [-0.05, 0) is 49.0 Å². The molecule has 128 valence electrons. The lowest BCUT2D eigenvalue weighted by Gasteiger charge is -2.45. The van der Waals surface area contributed by atoms with E-state index < -0.39 is 0 Å². The Kier molecular flexibility index (Phi) is 6.62. The maximum atomic E-state index is 12.2. The monoisotopic (exact) mass is 356 g/mol. The highest BCUT2D eigenvalue weighted by Gasteiger charge is 2.39. The van der Waals surface area contributed by atoms with Gasteiger partial charge in [0, 0.05) is 24.9 Å². The first-order valence-electron chi connectivity index (χ1n) is 8.25. The lowest BCUT2D eigenvalue weighted by Crippen LogP contribution is -2.53. The van der Waals surface area contributed by atoms with Crippen LogP contribution in [0, 0.1) is 11.8 Å². The van der Waals surface area contributed by atoms with Crippen LogP contribution < -0.4 is 11.1 Å². The minimum Gasteiger partial charge on any atom is -0.353 e. The van der Waals surface area contributed by atoms with E-state index >= 15 is 0 Å². The van der Waals surface area contributed by atoms with Crippen LogP contribution in [0.15, 0.2) is 17.5 Å². The summed E-state index contributed by atoms with van der Waals surface area (Å²) in [6, 6.07) is 4.25. The molecule has 0 aromatic carbocycles. The standard InChI is InChI=1S/C17H24N2O2S.ClH/c18-13-9-11-3-1-4-12(10-13)17(11)19-16(21)7-6-14(20)15-5-2-8-22-15;/h2,5,8,11-13,17H,1,3-4,6-7,9-10,18H2,(H,19,21);1H. The average molecular weight is 357 g/mol. The molecule has 3 rings (SSSR count). The van der Waals surface area contributed by atoms with Crippen molar-refractivity contribution in [2.24, 2.45) is 17.6 Å². The Balaban J connectivity index is 0.00000192. The molecule has 2 aliphatic carbocycles. The van der Waals surface area contributed by atoms with Gasteiger partial charge in [-0.15, -0.1) is 23.7 Å². The Morgan fingerprint density at radius 3 is 2.52 bits per heavy atom. The van der Waals surface area contributed by atoms with Crippen LogP contribution in [0.5, 0.6) is 0 Å². The smallest absolute Gasteiger partial charge is 0.220 e. The van der Waals surface area contributed by atoms with Gasteiger partial charge in [-0.2, -0.15) is 0 Å². The number of fused-ring (bicyclic) bond motifs is 2. The fraction of sp³-hybridized carbons (Fsp3) is 0.647. The largest absolute Gasteiger partial charge is 0.353 e. The van der Waals surface area contributed by atoms with Gasteiger partial charge in [0.15, 0.2) is 5.78 Å². The van der Waals surface area contributed by atoms with Gasteiger partial charge in [0.25, 0.3) is 0 Å². The summed E-state index contributed by atoms with van der Waals surface area (Å²) in [6.45, 7) is 0. The molecule has 2 aliphatic rings. The Bertz CT molecular complexity index is 521. The molecule has 2 unspecified atom stereocenters. The first-order valence-corrected chi connectivity index (χ1v) is 9.13. The molecule has 4 nitrogen and oxygen atoms in total. The summed E-state index contributed by atoms with van der Waals surface area (Å²) in [5.74, 6) is 1.14. The maximum absolute atomic E-state index is 12.2. The summed E-state index contributed by atoms with van der Waals surface area (Å²) < 4.78 is 0. The van der Waals surface area contributed by atoms with Crippen LogP contribution >= 0.6 is 23.7 Å². The van der Waals surface area contributed by atoms with E-state index in [9.17, 15) is 9.59 Å². The topological polar surface area (TPSA) is 72.2 Å².